The summed E-state index contributed by atoms with van der Waals surface area (Å²) < 4.78 is 32.5. The molecule has 142 valence electrons. The number of benzene rings is 1. The quantitative estimate of drug-likeness (QED) is 0.830. The summed E-state index contributed by atoms with van der Waals surface area (Å²) in [7, 11) is -1.57. The van der Waals surface area contributed by atoms with Gasteiger partial charge in [0, 0.05) is 31.1 Å². The van der Waals surface area contributed by atoms with Crippen LogP contribution in [0.1, 0.15) is 32.5 Å². The Morgan fingerprint density at radius 3 is 2.73 bits per heavy atom. The van der Waals surface area contributed by atoms with Crippen LogP contribution in [0.25, 0.3) is 11.5 Å². The molecule has 1 aromatic heterocycles. The van der Waals surface area contributed by atoms with E-state index in [9.17, 15) is 8.42 Å². The third-order valence-electron chi connectivity index (χ3n) is 4.81. The molecular formula is C18H26N4O3S. The van der Waals surface area contributed by atoms with Crippen LogP contribution in [0.3, 0.4) is 0 Å². The summed E-state index contributed by atoms with van der Waals surface area (Å²) in [6, 6.07) is 6.92. The predicted molar refractivity (Wildman–Crippen MR) is 99.1 cm³/mol. The molecule has 2 aromatic rings. The van der Waals surface area contributed by atoms with Crippen LogP contribution in [0.5, 0.6) is 0 Å². The first-order valence-electron chi connectivity index (χ1n) is 9.00. The van der Waals surface area contributed by atoms with Crippen LogP contribution in [-0.4, -0.2) is 49.0 Å². The molecule has 2 heterocycles. The third kappa shape index (κ3) is 4.13. The maximum absolute atomic E-state index is 12.8. The zero-order valence-electron chi connectivity index (χ0n) is 15.5. The molecular weight excluding hydrogens is 352 g/mol. The number of hydrogen-bond donors (Lipinski definition) is 1. The van der Waals surface area contributed by atoms with Crippen molar-refractivity contribution in [3.8, 4) is 11.5 Å². The SMILES string of the molecule is CNC(C)Cc1noc(-c2ccc(S(=O)(=O)N3CCCC(C)C3)cc2)n1. The minimum atomic E-state index is -3.45. The molecule has 1 aromatic carbocycles. The fourth-order valence-electron chi connectivity index (χ4n) is 3.11. The summed E-state index contributed by atoms with van der Waals surface area (Å²) >= 11 is 0. The second kappa shape index (κ2) is 7.85. The normalized spacial score (nSPS) is 20.2. The summed E-state index contributed by atoms with van der Waals surface area (Å²) in [6.45, 7) is 5.30. The number of nitrogens with one attached hydrogen (secondary N) is 1. The number of rotatable bonds is 6. The van der Waals surface area contributed by atoms with Gasteiger partial charge in [0.25, 0.3) is 5.89 Å². The van der Waals surface area contributed by atoms with Crippen molar-refractivity contribution in [2.24, 2.45) is 5.92 Å². The second-order valence-electron chi connectivity index (χ2n) is 7.04. The summed E-state index contributed by atoms with van der Waals surface area (Å²) in [4.78, 5) is 4.69. The molecule has 3 rings (SSSR count). The minimum Gasteiger partial charge on any atom is -0.334 e. The molecule has 1 saturated heterocycles. The number of piperidine rings is 1. The zero-order chi connectivity index (χ0) is 18.7. The molecule has 0 radical (unpaired) electrons. The van der Waals surface area contributed by atoms with Gasteiger partial charge in [-0.2, -0.15) is 9.29 Å². The van der Waals surface area contributed by atoms with Crippen LogP contribution in [0.4, 0.5) is 0 Å². The van der Waals surface area contributed by atoms with Crippen molar-refractivity contribution in [1.82, 2.24) is 19.8 Å². The molecule has 26 heavy (non-hydrogen) atoms. The average Bonchev–Trinajstić information content (AvgIpc) is 3.10. The Morgan fingerprint density at radius 2 is 2.08 bits per heavy atom. The largest absolute Gasteiger partial charge is 0.334 e. The molecule has 1 aliphatic heterocycles. The van der Waals surface area contributed by atoms with Crippen LogP contribution in [-0.2, 0) is 16.4 Å². The third-order valence-corrected chi connectivity index (χ3v) is 6.69. The van der Waals surface area contributed by atoms with Crippen molar-refractivity contribution in [3.05, 3.63) is 30.1 Å². The number of hydrogen-bond acceptors (Lipinski definition) is 6. The Bertz CT molecular complexity index is 832. The minimum absolute atomic E-state index is 0.250. The summed E-state index contributed by atoms with van der Waals surface area (Å²) in [5.41, 5.74) is 0.715. The van der Waals surface area contributed by atoms with E-state index in [1.54, 1.807) is 28.6 Å². The van der Waals surface area contributed by atoms with Gasteiger partial charge in [0.2, 0.25) is 10.0 Å². The highest BCUT2D eigenvalue weighted by atomic mass is 32.2. The lowest BCUT2D eigenvalue weighted by atomic mass is 10.0. The number of likely N-dealkylation sites (N-methyl/N-ethyl adjacent to an activating group) is 1. The lowest BCUT2D eigenvalue weighted by Crippen LogP contribution is -2.39. The topological polar surface area (TPSA) is 88.3 Å². The first kappa shape index (κ1) is 19.0. The number of aromatic nitrogens is 2. The Hall–Kier alpha value is -1.77. The van der Waals surface area contributed by atoms with Gasteiger partial charge in [0.1, 0.15) is 0 Å². The van der Waals surface area contributed by atoms with Gasteiger partial charge >= 0.3 is 0 Å². The molecule has 7 nitrogen and oxygen atoms in total. The highest BCUT2D eigenvalue weighted by molar-refractivity contribution is 7.89. The Labute approximate surface area is 154 Å². The monoisotopic (exact) mass is 378 g/mol. The maximum atomic E-state index is 12.8. The summed E-state index contributed by atoms with van der Waals surface area (Å²) in [5.74, 6) is 1.43. The van der Waals surface area contributed by atoms with E-state index in [0.29, 0.717) is 47.6 Å². The molecule has 0 saturated carbocycles. The first-order valence-corrected chi connectivity index (χ1v) is 10.4. The number of nitrogens with zero attached hydrogens (tertiary/aromatic N) is 3. The fourth-order valence-corrected chi connectivity index (χ4v) is 4.71. The van der Waals surface area contributed by atoms with Gasteiger partial charge in [-0.05, 0) is 57.0 Å². The molecule has 8 heteroatoms. The predicted octanol–water partition coefficient (Wildman–Crippen LogP) is 2.31. The molecule has 0 bridgehead atoms. The molecule has 2 atom stereocenters. The van der Waals surface area contributed by atoms with Crippen LogP contribution in [0, 0.1) is 5.92 Å². The smallest absolute Gasteiger partial charge is 0.257 e. The summed E-state index contributed by atoms with van der Waals surface area (Å²) in [6.07, 6.45) is 2.66. The van der Waals surface area contributed by atoms with Gasteiger partial charge < -0.3 is 9.84 Å². The van der Waals surface area contributed by atoms with Gasteiger partial charge in [0.15, 0.2) is 5.82 Å². The van der Waals surface area contributed by atoms with Gasteiger partial charge in [-0.1, -0.05) is 12.1 Å². The zero-order valence-corrected chi connectivity index (χ0v) is 16.3. The van der Waals surface area contributed by atoms with Crippen molar-refractivity contribution in [2.75, 3.05) is 20.1 Å². The molecule has 1 aliphatic rings. The maximum Gasteiger partial charge on any atom is 0.257 e. The van der Waals surface area contributed by atoms with Gasteiger partial charge in [-0.25, -0.2) is 8.42 Å². The van der Waals surface area contributed by atoms with E-state index < -0.39 is 10.0 Å². The van der Waals surface area contributed by atoms with Crippen molar-refractivity contribution < 1.29 is 12.9 Å². The van der Waals surface area contributed by atoms with Gasteiger partial charge in [0.05, 0.1) is 4.90 Å². The highest BCUT2D eigenvalue weighted by Gasteiger charge is 2.28. The molecule has 0 aliphatic carbocycles. The van der Waals surface area contributed by atoms with Crippen LogP contribution < -0.4 is 5.32 Å². The molecule has 1 N–H and O–H groups in total. The van der Waals surface area contributed by atoms with Gasteiger partial charge in [-0.3, -0.25) is 0 Å². The lowest BCUT2D eigenvalue weighted by Gasteiger charge is -2.30. The molecule has 2 unspecified atom stereocenters. The van der Waals surface area contributed by atoms with Crippen molar-refractivity contribution in [3.63, 3.8) is 0 Å². The van der Waals surface area contributed by atoms with Crippen LogP contribution >= 0.6 is 0 Å². The molecule has 0 amide bonds. The summed E-state index contributed by atoms with van der Waals surface area (Å²) in [5, 5.41) is 7.11. The van der Waals surface area contributed by atoms with E-state index in [-0.39, 0.29) is 6.04 Å². The van der Waals surface area contributed by atoms with E-state index in [4.69, 9.17) is 4.52 Å². The second-order valence-corrected chi connectivity index (χ2v) is 8.98. The average molecular weight is 378 g/mol. The van der Waals surface area contributed by atoms with Crippen molar-refractivity contribution >= 4 is 10.0 Å². The van der Waals surface area contributed by atoms with E-state index >= 15 is 0 Å². The Kier molecular flexibility index (Phi) is 5.74. The van der Waals surface area contributed by atoms with E-state index in [1.807, 2.05) is 14.0 Å². The van der Waals surface area contributed by atoms with E-state index in [2.05, 4.69) is 22.4 Å². The van der Waals surface area contributed by atoms with E-state index in [0.717, 1.165) is 12.8 Å². The number of sulfonamides is 1. The molecule has 0 spiro atoms. The highest BCUT2D eigenvalue weighted by Crippen LogP contribution is 2.25. The Morgan fingerprint density at radius 1 is 1.35 bits per heavy atom. The van der Waals surface area contributed by atoms with E-state index in [1.165, 1.54) is 0 Å². The van der Waals surface area contributed by atoms with Crippen molar-refractivity contribution in [1.29, 1.82) is 0 Å². The van der Waals surface area contributed by atoms with Gasteiger partial charge in [-0.15, -0.1) is 0 Å². The van der Waals surface area contributed by atoms with Crippen molar-refractivity contribution in [2.45, 2.75) is 44.0 Å². The molecule has 1 fully saturated rings. The Balaban J connectivity index is 1.76. The van der Waals surface area contributed by atoms with Crippen LogP contribution in [0.2, 0.25) is 0 Å². The standard InChI is InChI=1S/C18H26N4O3S/c1-13-5-4-10-22(12-13)26(23,24)16-8-6-15(7-9-16)18-20-17(21-25-18)11-14(2)19-3/h6-9,13-14,19H,4-5,10-12H2,1-3H3. The lowest BCUT2D eigenvalue weighted by molar-refractivity contribution is 0.281. The fraction of sp³-hybridized carbons (Fsp3) is 0.556. The van der Waals surface area contributed by atoms with Crippen LogP contribution in [0.15, 0.2) is 33.7 Å². The first-order chi connectivity index (χ1) is 12.4.